The van der Waals surface area contributed by atoms with Crippen LogP contribution in [-0.4, -0.2) is 74.3 Å². The van der Waals surface area contributed by atoms with E-state index in [9.17, 15) is 4.79 Å². The van der Waals surface area contributed by atoms with Crippen molar-refractivity contribution in [1.29, 1.82) is 0 Å². The van der Waals surface area contributed by atoms with Gasteiger partial charge in [-0.05, 0) is 19.3 Å². The number of thioether (sulfide) groups is 1. The highest BCUT2D eigenvalue weighted by Gasteiger charge is 2.14. The smallest absolute Gasteiger partial charge is 0.230 e. The summed E-state index contributed by atoms with van der Waals surface area (Å²) in [6.45, 7) is 6.91. The van der Waals surface area contributed by atoms with Crippen LogP contribution in [0, 0.1) is 0 Å². The lowest BCUT2D eigenvalue weighted by Gasteiger charge is -2.27. The summed E-state index contributed by atoms with van der Waals surface area (Å²) in [6, 6.07) is 0. The van der Waals surface area contributed by atoms with Gasteiger partial charge in [0.15, 0.2) is 0 Å². The fourth-order valence-electron chi connectivity index (χ4n) is 2.56. The van der Waals surface area contributed by atoms with Gasteiger partial charge in [0.1, 0.15) is 0 Å². The van der Waals surface area contributed by atoms with Crippen molar-refractivity contribution in [2.75, 3.05) is 57.4 Å². The zero-order chi connectivity index (χ0) is 14.0. The first-order valence-corrected chi connectivity index (χ1v) is 8.89. The Hall–Kier alpha value is -0.0100. The van der Waals surface area contributed by atoms with Gasteiger partial charge in [-0.1, -0.05) is 0 Å². The van der Waals surface area contributed by atoms with Crippen LogP contribution in [0.1, 0.15) is 19.3 Å². The average Bonchev–Trinajstić information content (AvgIpc) is 2.49. The summed E-state index contributed by atoms with van der Waals surface area (Å²) in [6.07, 6.45) is 3.97. The van der Waals surface area contributed by atoms with Gasteiger partial charge in [-0.3, -0.25) is 9.69 Å². The molecule has 1 unspecified atom stereocenters. The van der Waals surface area contributed by atoms with Crippen molar-refractivity contribution >= 4 is 30.1 Å². The van der Waals surface area contributed by atoms with E-state index >= 15 is 0 Å². The van der Waals surface area contributed by atoms with Crippen LogP contribution in [0.3, 0.4) is 0 Å². The minimum absolute atomic E-state index is 0. The van der Waals surface area contributed by atoms with E-state index in [1.54, 1.807) is 11.8 Å². The molecule has 0 aromatic carbocycles. The van der Waals surface area contributed by atoms with E-state index in [0.29, 0.717) is 11.9 Å². The normalized spacial score (nSPS) is 23.3. The summed E-state index contributed by atoms with van der Waals surface area (Å²) in [7, 11) is 0. The van der Waals surface area contributed by atoms with E-state index < -0.39 is 0 Å². The minimum Gasteiger partial charge on any atom is -0.377 e. The molecule has 2 N–H and O–H groups in total. The molecule has 124 valence electrons. The van der Waals surface area contributed by atoms with Crippen LogP contribution in [0.5, 0.6) is 0 Å². The molecule has 2 heterocycles. The predicted octanol–water partition coefficient (Wildman–Crippen LogP) is 0.732. The molecule has 2 aliphatic heterocycles. The third kappa shape index (κ3) is 8.26. The highest BCUT2D eigenvalue weighted by molar-refractivity contribution is 7.99. The monoisotopic (exact) mass is 337 g/mol. The highest BCUT2D eigenvalue weighted by Crippen LogP contribution is 2.16. The largest absolute Gasteiger partial charge is 0.377 e. The Labute approximate surface area is 138 Å². The molecule has 0 saturated carbocycles. The number of hydrogen-bond acceptors (Lipinski definition) is 5. The van der Waals surface area contributed by atoms with Gasteiger partial charge in [-0.15, -0.1) is 24.2 Å². The molecular weight excluding hydrogens is 310 g/mol. The van der Waals surface area contributed by atoms with Gasteiger partial charge in [-0.2, -0.15) is 0 Å². The van der Waals surface area contributed by atoms with Crippen molar-refractivity contribution in [2.45, 2.75) is 25.4 Å². The number of carbonyl (C=O) groups excluding carboxylic acids is 1. The van der Waals surface area contributed by atoms with Gasteiger partial charge in [0.25, 0.3) is 0 Å². The number of carbonyl (C=O) groups is 1. The molecule has 2 rings (SSSR count). The Morgan fingerprint density at radius 3 is 2.86 bits per heavy atom. The lowest BCUT2D eigenvalue weighted by molar-refractivity contribution is -0.118. The molecule has 0 spiro atoms. The van der Waals surface area contributed by atoms with Gasteiger partial charge in [0.05, 0.1) is 11.9 Å². The van der Waals surface area contributed by atoms with Crippen LogP contribution >= 0.6 is 24.2 Å². The van der Waals surface area contributed by atoms with Crippen molar-refractivity contribution in [2.24, 2.45) is 0 Å². The van der Waals surface area contributed by atoms with Gasteiger partial charge in [-0.25, -0.2) is 0 Å². The Bertz CT molecular complexity index is 259. The fourth-order valence-corrected chi connectivity index (χ4v) is 3.49. The molecule has 7 heteroatoms. The lowest BCUT2D eigenvalue weighted by Crippen LogP contribution is -2.46. The van der Waals surface area contributed by atoms with Crippen LogP contribution in [0.25, 0.3) is 0 Å². The Morgan fingerprint density at radius 2 is 2.14 bits per heavy atom. The van der Waals surface area contributed by atoms with E-state index in [0.717, 1.165) is 58.0 Å². The molecule has 2 aliphatic rings. The summed E-state index contributed by atoms with van der Waals surface area (Å²) < 4.78 is 5.66. The lowest BCUT2D eigenvalue weighted by atomic mass is 10.1. The molecule has 1 amide bonds. The quantitative estimate of drug-likeness (QED) is 0.717. The number of nitrogens with one attached hydrogen (secondary N) is 2. The molecule has 5 nitrogen and oxygen atoms in total. The standard InChI is InChI=1S/C14H27N3O2S.ClH/c18-14(12-20-11-13-3-1-2-10-19-13)16-6-9-17-7-4-15-5-8-17;/h13,15H,1-12H2,(H,16,18);1H. The SMILES string of the molecule is Cl.O=C(CSCC1CCCCO1)NCCN1CCNCC1. The maximum atomic E-state index is 11.7. The molecule has 0 aromatic rings. The summed E-state index contributed by atoms with van der Waals surface area (Å²) >= 11 is 1.69. The highest BCUT2D eigenvalue weighted by atomic mass is 35.5. The second-order valence-electron chi connectivity index (χ2n) is 5.45. The van der Waals surface area contributed by atoms with Crippen LogP contribution in [0.15, 0.2) is 0 Å². The van der Waals surface area contributed by atoms with Crippen molar-refractivity contribution in [3.8, 4) is 0 Å². The van der Waals surface area contributed by atoms with E-state index in [4.69, 9.17) is 4.74 Å². The maximum absolute atomic E-state index is 11.7. The number of nitrogens with zero attached hydrogens (tertiary/aromatic N) is 1. The Kier molecular flexibility index (Phi) is 10.5. The first kappa shape index (κ1) is 19.0. The number of hydrogen-bond donors (Lipinski definition) is 2. The maximum Gasteiger partial charge on any atom is 0.230 e. The van der Waals surface area contributed by atoms with Gasteiger partial charge >= 0.3 is 0 Å². The van der Waals surface area contributed by atoms with Crippen LogP contribution in [-0.2, 0) is 9.53 Å². The second-order valence-corrected chi connectivity index (χ2v) is 6.48. The molecule has 1 atom stereocenters. The zero-order valence-corrected chi connectivity index (χ0v) is 14.3. The average molecular weight is 338 g/mol. The van der Waals surface area contributed by atoms with Crippen molar-refractivity contribution < 1.29 is 9.53 Å². The summed E-state index contributed by atoms with van der Waals surface area (Å²) in [5.41, 5.74) is 0. The van der Waals surface area contributed by atoms with Gasteiger partial charge in [0, 0.05) is 51.6 Å². The Morgan fingerprint density at radius 1 is 1.33 bits per heavy atom. The second kappa shape index (κ2) is 11.5. The Balaban J connectivity index is 0.00000220. The van der Waals surface area contributed by atoms with E-state index in [2.05, 4.69) is 15.5 Å². The number of ether oxygens (including phenoxy) is 1. The number of amides is 1. The third-order valence-electron chi connectivity index (χ3n) is 3.77. The molecular formula is C14H28ClN3O2S. The topological polar surface area (TPSA) is 53.6 Å². The van der Waals surface area contributed by atoms with E-state index in [1.165, 1.54) is 12.8 Å². The first-order chi connectivity index (χ1) is 9.84. The van der Waals surface area contributed by atoms with Crippen molar-refractivity contribution in [3.63, 3.8) is 0 Å². The molecule has 2 fully saturated rings. The summed E-state index contributed by atoms with van der Waals surface area (Å²) in [4.78, 5) is 14.1. The van der Waals surface area contributed by atoms with Crippen LogP contribution in [0.2, 0.25) is 0 Å². The molecule has 0 aliphatic carbocycles. The molecule has 2 saturated heterocycles. The third-order valence-corrected chi connectivity index (χ3v) is 4.84. The summed E-state index contributed by atoms with van der Waals surface area (Å²) in [5, 5.41) is 6.33. The van der Waals surface area contributed by atoms with E-state index in [-0.39, 0.29) is 18.3 Å². The van der Waals surface area contributed by atoms with Gasteiger partial charge < -0.3 is 15.4 Å². The predicted molar refractivity (Wildman–Crippen MR) is 90.5 cm³/mol. The van der Waals surface area contributed by atoms with Crippen molar-refractivity contribution in [3.05, 3.63) is 0 Å². The van der Waals surface area contributed by atoms with Gasteiger partial charge in [0.2, 0.25) is 5.91 Å². The van der Waals surface area contributed by atoms with Crippen LogP contribution in [0.4, 0.5) is 0 Å². The summed E-state index contributed by atoms with van der Waals surface area (Å²) in [5.74, 6) is 1.66. The number of piperazine rings is 1. The fraction of sp³-hybridized carbons (Fsp3) is 0.929. The number of rotatable bonds is 7. The van der Waals surface area contributed by atoms with Crippen molar-refractivity contribution in [1.82, 2.24) is 15.5 Å². The molecule has 0 bridgehead atoms. The molecule has 21 heavy (non-hydrogen) atoms. The van der Waals surface area contributed by atoms with E-state index in [1.807, 2.05) is 0 Å². The zero-order valence-electron chi connectivity index (χ0n) is 12.6. The minimum atomic E-state index is 0. The molecule has 0 aromatic heterocycles. The number of halogens is 1. The van der Waals surface area contributed by atoms with Crippen LogP contribution < -0.4 is 10.6 Å². The molecule has 0 radical (unpaired) electrons. The first-order valence-electron chi connectivity index (χ1n) is 7.74.